The van der Waals surface area contributed by atoms with Crippen LogP contribution in [0.1, 0.15) is 38.7 Å². The van der Waals surface area contributed by atoms with Crippen LogP contribution in [0, 0.1) is 0 Å². The van der Waals surface area contributed by atoms with Crippen LogP contribution in [-0.2, 0) is 9.59 Å². The minimum absolute atomic E-state index is 0.176. The van der Waals surface area contributed by atoms with E-state index in [1.165, 1.54) is 31.7 Å². The molecule has 0 radical (unpaired) electrons. The lowest BCUT2D eigenvalue weighted by molar-refractivity contribution is -0.133. The van der Waals surface area contributed by atoms with Gasteiger partial charge in [0.05, 0.1) is 0 Å². The van der Waals surface area contributed by atoms with Gasteiger partial charge in [-0.05, 0) is 18.9 Å². The smallest absolute Gasteiger partial charge is 0.330 e. The van der Waals surface area contributed by atoms with E-state index in [4.69, 9.17) is 10.2 Å². The summed E-state index contributed by atoms with van der Waals surface area (Å²) in [4.78, 5) is 18.8. The molecule has 0 spiro atoms. The van der Waals surface area contributed by atoms with Crippen molar-refractivity contribution in [2.75, 3.05) is 0 Å². The number of carboxylic acid groups (broad SMARTS) is 2. The second kappa shape index (κ2) is 15.8. The maximum atomic E-state index is 9.60. The molecule has 0 aromatic heterocycles. The fourth-order valence-corrected chi connectivity index (χ4v) is 1.11. The van der Waals surface area contributed by atoms with Crippen molar-refractivity contribution in [3.63, 3.8) is 0 Å². The van der Waals surface area contributed by atoms with Crippen molar-refractivity contribution in [1.82, 2.24) is 0 Å². The summed E-state index contributed by atoms with van der Waals surface area (Å²) >= 11 is 0. The molecule has 0 amide bonds. The van der Waals surface area contributed by atoms with Gasteiger partial charge in [0.15, 0.2) is 0 Å². The lowest BCUT2D eigenvalue weighted by Gasteiger charge is -1.91. The first-order valence-corrected chi connectivity index (χ1v) is 7.30. The molecule has 1 aromatic rings. The number of rotatable bonds is 6. The monoisotopic (exact) mass is 318 g/mol. The molecule has 0 aliphatic heterocycles. The Hall–Kier alpha value is -2.62. The van der Waals surface area contributed by atoms with Gasteiger partial charge < -0.3 is 10.2 Å². The summed E-state index contributed by atoms with van der Waals surface area (Å²) in [5.74, 6) is -1.92. The molecule has 0 saturated carbocycles. The molecule has 1 aromatic carbocycles. The van der Waals surface area contributed by atoms with Crippen LogP contribution >= 0.6 is 0 Å². The molecule has 0 aliphatic rings. The molecule has 0 saturated heterocycles. The summed E-state index contributed by atoms with van der Waals surface area (Å²) in [5.41, 5.74) is 1.48. The van der Waals surface area contributed by atoms with Crippen LogP contribution in [0.25, 0.3) is 6.08 Å². The number of hydrogen-bond acceptors (Lipinski definition) is 2. The van der Waals surface area contributed by atoms with Crippen molar-refractivity contribution in [2.45, 2.75) is 33.1 Å². The van der Waals surface area contributed by atoms with E-state index in [0.717, 1.165) is 6.08 Å². The molecule has 0 unspecified atom stereocenters. The molecule has 126 valence electrons. The predicted octanol–water partition coefficient (Wildman–Crippen LogP) is 4.79. The number of carboxylic acids is 2. The summed E-state index contributed by atoms with van der Waals surface area (Å²) in [6.45, 7) is 9.78. The highest BCUT2D eigenvalue weighted by atomic mass is 16.4. The van der Waals surface area contributed by atoms with E-state index >= 15 is 0 Å². The number of unbranched alkanes of at least 4 members (excludes halogenated alkanes) is 2. The molecule has 4 nitrogen and oxygen atoms in total. The number of allylic oxidation sites excluding steroid dienone is 1. The lowest BCUT2D eigenvalue weighted by atomic mass is 10.2. The summed E-state index contributed by atoms with van der Waals surface area (Å²) < 4.78 is 0. The second-order valence-corrected chi connectivity index (χ2v) is 4.58. The summed E-state index contributed by atoms with van der Waals surface area (Å²) in [6.07, 6.45) is 9.04. The number of aliphatic carboxylic acids is 2. The third-order valence-electron chi connectivity index (χ3n) is 2.37. The van der Waals surface area contributed by atoms with Crippen LogP contribution in [0.3, 0.4) is 0 Å². The Bertz CT molecular complexity index is 489. The Balaban J connectivity index is 0. The second-order valence-electron chi connectivity index (χ2n) is 4.58. The van der Waals surface area contributed by atoms with Gasteiger partial charge in [0.1, 0.15) is 0 Å². The van der Waals surface area contributed by atoms with Crippen molar-refractivity contribution >= 4 is 18.0 Å². The Morgan fingerprint density at radius 3 is 2.00 bits per heavy atom. The zero-order valence-electron chi connectivity index (χ0n) is 13.9. The van der Waals surface area contributed by atoms with Gasteiger partial charge >= 0.3 is 11.9 Å². The minimum Gasteiger partial charge on any atom is -0.478 e. The highest BCUT2D eigenvalue weighted by molar-refractivity contribution is 5.84. The number of carbonyl (C=O) groups is 2. The number of benzene rings is 1. The molecule has 1 rings (SSSR count). The van der Waals surface area contributed by atoms with Crippen molar-refractivity contribution in [2.24, 2.45) is 0 Å². The summed E-state index contributed by atoms with van der Waals surface area (Å²) in [6, 6.07) is 10.4. The molecule has 0 atom stereocenters. The van der Waals surface area contributed by atoms with Gasteiger partial charge in [-0.3, -0.25) is 0 Å². The maximum absolute atomic E-state index is 9.60. The lowest BCUT2D eigenvalue weighted by Crippen LogP contribution is -1.92. The van der Waals surface area contributed by atoms with Crippen molar-refractivity contribution in [1.29, 1.82) is 0 Å². The maximum Gasteiger partial charge on any atom is 0.330 e. The largest absolute Gasteiger partial charge is 0.478 e. The quantitative estimate of drug-likeness (QED) is 0.584. The molecule has 0 aliphatic carbocycles. The highest BCUT2D eigenvalue weighted by Crippen LogP contribution is 2.03. The van der Waals surface area contributed by atoms with E-state index in [1.807, 2.05) is 6.07 Å². The van der Waals surface area contributed by atoms with E-state index in [9.17, 15) is 9.59 Å². The third kappa shape index (κ3) is 19.4. The Morgan fingerprint density at radius 1 is 1.17 bits per heavy atom. The summed E-state index contributed by atoms with van der Waals surface area (Å²) in [7, 11) is 0. The molecule has 0 heterocycles. The first-order valence-electron chi connectivity index (χ1n) is 7.30. The van der Waals surface area contributed by atoms with E-state index in [1.54, 1.807) is 0 Å². The van der Waals surface area contributed by atoms with Crippen LogP contribution < -0.4 is 0 Å². The van der Waals surface area contributed by atoms with Crippen LogP contribution in [0.4, 0.5) is 0 Å². The highest BCUT2D eigenvalue weighted by Gasteiger charge is 1.90. The minimum atomic E-state index is -0.981. The fraction of sp³-hybridized carbons (Fsp3) is 0.263. The fourth-order valence-electron chi connectivity index (χ4n) is 1.11. The van der Waals surface area contributed by atoms with E-state index in [0.29, 0.717) is 0 Å². The van der Waals surface area contributed by atoms with Crippen molar-refractivity contribution in [3.05, 3.63) is 66.8 Å². The SMILES string of the molecule is C=C(C)C(=O)O.C=CC(=O)O.CCCCC=Cc1ccccc1. The van der Waals surface area contributed by atoms with Gasteiger partial charge in [-0.25, -0.2) is 9.59 Å². The molecule has 0 bridgehead atoms. The van der Waals surface area contributed by atoms with Gasteiger partial charge in [-0.15, -0.1) is 0 Å². The molecule has 0 fully saturated rings. The molecule has 4 heteroatoms. The van der Waals surface area contributed by atoms with Gasteiger partial charge in [-0.2, -0.15) is 0 Å². The average Bonchev–Trinajstić information content (AvgIpc) is 2.53. The van der Waals surface area contributed by atoms with Crippen molar-refractivity contribution in [3.8, 4) is 0 Å². The van der Waals surface area contributed by atoms with E-state index < -0.39 is 11.9 Å². The van der Waals surface area contributed by atoms with E-state index in [-0.39, 0.29) is 5.57 Å². The van der Waals surface area contributed by atoms with Crippen molar-refractivity contribution < 1.29 is 19.8 Å². The number of hydrogen-bond donors (Lipinski definition) is 2. The van der Waals surface area contributed by atoms with Gasteiger partial charge in [-0.1, -0.05) is 75.4 Å². The topological polar surface area (TPSA) is 74.6 Å². The average molecular weight is 318 g/mol. The normalized spacial score (nSPS) is 8.96. The Kier molecular flexibility index (Phi) is 15.5. The Labute approximate surface area is 138 Å². The first kappa shape index (κ1) is 22.7. The molecule has 2 N–H and O–H groups in total. The Morgan fingerprint density at radius 2 is 1.65 bits per heavy atom. The van der Waals surface area contributed by atoms with Gasteiger partial charge in [0.2, 0.25) is 0 Å². The van der Waals surface area contributed by atoms with Crippen LogP contribution in [0.15, 0.2) is 61.2 Å². The zero-order chi connectivity index (χ0) is 18.1. The first-order chi connectivity index (χ1) is 10.8. The zero-order valence-corrected chi connectivity index (χ0v) is 13.9. The predicted molar refractivity (Wildman–Crippen MR) is 95.3 cm³/mol. The van der Waals surface area contributed by atoms with Gasteiger partial charge in [0.25, 0.3) is 0 Å². The van der Waals surface area contributed by atoms with Crippen LogP contribution in [-0.4, -0.2) is 22.2 Å². The standard InChI is InChI=1S/C12H16.C4H6O2.C3H4O2/c1-2-3-4-6-9-12-10-7-5-8-11-12;1-3(2)4(5)6;1-2-3(4)5/h5-11H,2-4H2,1H3;1H2,2H3,(H,5,6);2H,1H2,(H,4,5). The van der Waals surface area contributed by atoms with Crippen LogP contribution in [0.5, 0.6) is 0 Å². The molecule has 23 heavy (non-hydrogen) atoms. The van der Waals surface area contributed by atoms with E-state index in [2.05, 4.69) is 56.5 Å². The molecular formula is C19H26O4. The van der Waals surface area contributed by atoms with Crippen LogP contribution in [0.2, 0.25) is 0 Å². The summed E-state index contributed by atoms with van der Waals surface area (Å²) in [5, 5.41) is 15.5. The van der Waals surface area contributed by atoms with Gasteiger partial charge in [0, 0.05) is 11.6 Å². The molecular weight excluding hydrogens is 292 g/mol. The third-order valence-corrected chi connectivity index (χ3v) is 2.37.